The van der Waals surface area contributed by atoms with Gasteiger partial charge in [-0.2, -0.15) is 0 Å². The van der Waals surface area contributed by atoms with E-state index in [1.54, 1.807) is 5.57 Å². The van der Waals surface area contributed by atoms with Gasteiger partial charge in [0.25, 0.3) is 0 Å². The number of allylic oxidation sites excluding steroid dienone is 2. The van der Waals surface area contributed by atoms with Gasteiger partial charge in [0.1, 0.15) is 0 Å². The van der Waals surface area contributed by atoms with Gasteiger partial charge in [-0.3, -0.25) is 0 Å². The van der Waals surface area contributed by atoms with Crippen LogP contribution in [0.3, 0.4) is 0 Å². The lowest BCUT2D eigenvalue weighted by molar-refractivity contribution is 1.00. The SMILES string of the molecule is CCC(C)=C(CBr)CCBr. The molecule has 0 fully saturated rings. The highest BCUT2D eigenvalue weighted by Crippen LogP contribution is 2.15. The van der Waals surface area contributed by atoms with Crippen molar-refractivity contribution < 1.29 is 0 Å². The highest BCUT2D eigenvalue weighted by molar-refractivity contribution is 9.09. The van der Waals surface area contributed by atoms with Crippen LogP contribution >= 0.6 is 31.9 Å². The molecule has 0 aromatic rings. The third-order valence-electron chi connectivity index (χ3n) is 1.69. The van der Waals surface area contributed by atoms with Gasteiger partial charge in [0.15, 0.2) is 0 Å². The first-order valence-electron chi connectivity index (χ1n) is 3.55. The Morgan fingerprint density at radius 1 is 1.30 bits per heavy atom. The molecule has 0 aliphatic rings. The van der Waals surface area contributed by atoms with Gasteiger partial charge in [-0.05, 0) is 19.8 Å². The molecule has 60 valence electrons. The molecule has 0 nitrogen and oxygen atoms in total. The average Bonchev–Trinajstić information content (AvgIpc) is 1.99. The molecule has 0 bridgehead atoms. The van der Waals surface area contributed by atoms with Crippen molar-refractivity contribution in [3.63, 3.8) is 0 Å². The Balaban J connectivity index is 4.00. The summed E-state index contributed by atoms with van der Waals surface area (Å²) in [5.74, 6) is 0. The van der Waals surface area contributed by atoms with Crippen LogP contribution in [0.25, 0.3) is 0 Å². The molecule has 0 aromatic heterocycles. The zero-order valence-electron chi connectivity index (χ0n) is 6.58. The summed E-state index contributed by atoms with van der Waals surface area (Å²) < 4.78 is 0. The van der Waals surface area contributed by atoms with Gasteiger partial charge in [0.2, 0.25) is 0 Å². The zero-order chi connectivity index (χ0) is 7.98. The van der Waals surface area contributed by atoms with E-state index >= 15 is 0 Å². The molecule has 0 saturated carbocycles. The van der Waals surface area contributed by atoms with Gasteiger partial charge < -0.3 is 0 Å². The fourth-order valence-corrected chi connectivity index (χ4v) is 2.00. The van der Waals surface area contributed by atoms with E-state index < -0.39 is 0 Å². The third kappa shape index (κ3) is 3.77. The number of rotatable bonds is 4. The second-order valence-electron chi connectivity index (χ2n) is 2.31. The summed E-state index contributed by atoms with van der Waals surface area (Å²) in [7, 11) is 0. The summed E-state index contributed by atoms with van der Waals surface area (Å²) in [6.45, 7) is 4.41. The van der Waals surface area contributed by atoms with E-state index in [-0.39, 0.29) is 0 Å². The largest absolute Gasteiger partial charge is 0.0925 e. The molecule has 0 saturated heterocycles. The van der Waals surface area contributed by atoms with Crippen molar-refractivity contribution in [3.8, 4) is 0 Å². The summed E-state index contributed by atoms with van der Waals surface area (Å²) in [4.78, 5) is 0. The fraction of sp³-hybridized carbons (Fsp3) is 0.750. The van der Waals surface area contributed by atoms with Crippen LogP contribution < -0.4 is 0 Å². The van der Waals surface area contributed by atoms with E-state index in [9.17, 15) is 0 Å². The summed E-state index contributed by atoms with van der Waals surface area (Å²) in [6.07, 6.45) is 2.35. The van der Waals surface area contributed by atoms with Crippen LogP contribution in [0.4, 0.5) is 0 Å². The summed E-state index contributed by atoms with van der Waals surface area (Å²) in [6, 6.07) is 0. The molecule has 0 aliphatic carbocycles. The van der Waals surface area contributed by atoms with Gasteiger partial charge in [0.05, 0.1) is 0 Å². The first-order valence-corrected chi connectivity index (χ1v) is 5.80. The van der Waals surface area contributed by atoms with Crippen LogP contribution in [-0.2, 0) is 0 Å². The second-order valence-corrected chi connectivity index (χ2v) is 3.66. The van der Waals surface area contributed by atoms with Crippen molar-refractivity contribution in [1.82, 2.24) is 0 Å². The maximum absolute atomic E-state index is 3.48. The van der Waals surface area contributed by atoms with Gasteiger partial charge in [-0.1, -0.05) is 49.9 Å². The molecule has 0 radical (unpaired) electrons. The smallest absolute Gasteiger partial charge is 0.0244 e. The molecule has 0 unspecified atom stereocenters. The summed E-state index contributed by atoms with van der Waals surface area (Å²) >= 11 is 6.91. The van der Waals surface area contributed by atoms with Gasteiger partial charge in [-0.15, -0.1) is 0 Å². The maximum atomic E-state index is 3.48. The lowest BCUT2D eigenvalue weighted by atomic mass is 10.1. The quantitative estimate of drug-likeness (QED) is 0.537. The average molecular weight is 270 g/mol. The first-order chi connectivity index (χ1) is 4.76. The second kappa shape index (κ2) is 6.41. The Kier molecular flexibility index (Phi) is 6.86. The van der Waals surface area contributed by atoms with E-state index in [4.69, 9.17) is 0 Å². The van der Waals surface area contributed by atoms with Crippen LogP contribution in [0, 0.1) is 0 Å². The standard InChI is InChI=1S/C8H14Br2/c1-3-7(2)8(6-10)4-5-9/h3-6H2,1-2H3. The van der Waals surface area contributed by atoms with Crippen molar-refractivity contribution >= 4 is 31.9 Å². The molecule has 10 heavy (non-hydrogen) atoms. The Hall–Kier alpha value is 0.700. The van der Waals surface area contributed by atoms with E-state index in [1.807, 2.05) is 0 Å². The molecule has 0 aliphatic heterocycles. The molecule has 0 spiro atoms. The van der Waals surface area contributed by atoms with Crippen molar-refractivity contribution in [3.05, 3.63) is 11.1 Å². The Morgan fingerprint density at radius 3 is 2.20 bits per heavy atom. The highest BCUT2D eigenvalue weighted by atomic mass is 79.9. The molecule has 2 heteroatoms. The lowest BCUT2D eigenvalue weighted by Gasteiger charge is -2.04. The van der Waals surface area contributed by atoms with Gasteiger partial charge in [0, 0.05) is 10.7 Å². The predicted octanol–water partition coefficient (Wildman–Crippen LogP) is 3.89. The van der Waals surface area contributed by atoms with Crippen molar-refractivity contribution in [2.75, 3.05) is 10.7 Å². The molecule has 0 N–H and O–H groups in total. The van der Waals surface area contributed by atoms with E-state index in [0.717, 1.165) is 10.7 Å². The number of hydrogen-bond acceptors (Lipinski definition) is 0. The minimum atomic E-state index is 1.03. The molecule has 0 atom stereocenters. The molecule has 0 heterocycles. The van der Waals surface area contributed by atoms with Crippen molar-refractivity contribution in [2.45, 2.75) is 26.7 Å². The normalized spacial score (nSPS) is 13.2. The van der Waals surface area contributed by atoms with Crippen LogP contribution in [0.2, 0.25) is 0 Å². The number of halogens is 2. The van der Waals surface area contributed by atoms with E-state index in [1.165, 1.54) is 18.4 Å². The molecular formula is C8H14Br2. The minimum Gasteiger partial charge on any atom is -0.0925 e. The predicted molar refractivity (Wildman–Crippen MR) is 55.2 cm³/mol. The van der Waals surface area contributed by atoms with Gasteiger partial charge >= 0.3 is 0 Å². The lowest BCUT2D eigenvalue weighted by Crippen LogP contribution is -1.90. The van der Waals surface area contributed by atoms with Crippen molar-refractivity contribution in [1.29, 1.82) is 0 Å². The summed E-state index contributed by atoms with van der Waals surface area (Å²) in [5, 5.41) is 2.10. The summed E-state index contributed by atoms with van der Waals surface area (Å²) in [5.41, 5.74) is 3.07. The first kappa shape index (κ1) is 10.7. The van der Waals surface area contributed by atoms with E-state index in [0.29, 0.717) is 0 Å². The highest BCUT2D eigenvalue weighted by Gasteiger charge is 1.97. The zero-order valence-corrected chi connectivity index (χ0v) is 9.76. The topological polar surface area (TPSA) is 0 Å². The van der Waals surface area contributed by atoms with Crippen LogP contribution in [0.5, 0.6) is 0 Å². The van der Waals surface area contributed by atoms with Crippen molar-refractivity contribution in [2.24, 2.45) is 0 Å². The minimum absolute atomic E-state index is 1.03. The monoisotopic (exact) mass is 268 g/mol. The molecule has 0 aromatic carbocycles. The number of hydrogen-bond donors (Lipinski definition) is 0. The Bertz CT molecular complexity index is 116. The molecular weight excluding hydrogens is 256 g/mol. The van der Waals surface area contributed by atoms with Gasteiger partial charge in [-0.25, -0.2) is 0 Å². The Labute approximate surface area is 80.3 Å². The molecule has 0 amide bonds. The maximum Gasteiger partial charge on any atom is 0.0244 e. The van der Waals surface area contributed by atoms with Crippen LogP contribution in [0.15, 0.2) is 11.1 Å². The Morgan fingerprint density at radius 2 is 1.90 bits per heavy atom. The number of alkyl halides is 2. The molecule has 0 rings (SSSR count). The fourth-order valence-electron chi connectivity index (χ4n) is 0.758. The van der Waals surface area contributed by atoms with Crippen LogP contribution in [0.1, 0.15) is 26.7 Å². The van der Waals surface area contributed by atoms with E-state index in [2.05, 4.69) is 45.7 Å². The third-order valence-corrected chi connectivity index (χ3v) is 2.76. The van der Waals surface area contributed by atoms with Crippen LogP contribution in [-0.4, -0.2) is 10.7 Å².